The van der Waals surface area contributed by atoms with Crippen molar-refractivity contribution in [2.75, 3.05) is 11.9 Å². The standard InChI is InChI=1S/C16H22FN.CH4/c1-16(2)10-5-3-4-7-13(16)12-18-15-9-6-8-14(17)11-15;/h6-9,11,18H,3-5,10,12H2,1-2H3;1H4. The zero-order chi connectivity index (χ0) is 13.0. The number of allylic oxidation sites excluding steroid dienone is 1. The van der Waals surface area contributed by atoms with Crippen molar-refractivity contribution < 1.29 is 4.39 Å². The molecule has 0 spiro atoms. The van der Waals surface area contributed by atoms with Gasteiger partial charge in [-0.05, 0) is 48.4 Å². The van der Waals surface area contributed by atoms with Crippen LogP contribution in [-0.2, 0) is 0 Å². The third kappa shape index (κ3) is 4.38. The molecule has 0 saturated heterocycles. The Morgan fingerprint density at radius 1 is 1.26 bits per heavy atom. The molecule has 0 bridgehead atoms. The summed E-state index contributed by atoms with van der Waals surface area (Å²) in [6, 6.07) is 6.67. The molecule has 1 aliphatic rings. The predicted octanol–water partition coefficient (Wildman–Crippen LogP) is 5.40. The zero-order valence-electron chi connectivity index (χ0n) is 11.3. The summed E-state index contributed by atoms with van der Waals surface area (Å²) in [6.45, 7) is 5.42. The Balaban J connectivity index is 0.00000180. The Hall–Kier alpha value is -1.31. The number of anilines is 1. The van der Waals surface area contributed by atoms with Crippen molar-refractivity contribution in [3.8, 4) is 0 Å². The quantitative estimate of drug-likeness (QED) is 0.720. The van der Waals surface area contributed by atoms with E-state index in [2.05, 4.69) is 25.2 Å². The molecule has 0 saturated carbocycles. The lowest BCUT2D eigenvalue weighted by molar-refractivity contribution is 0.397. The van der Waals surface area contributed by atoms with E-state index in [0.29, 0.717) is 0 Å². The van der Waals surface area contributed by atoms with E-state index in [1.165, 1.54) is 37.3 Å². The zero-order valence-corrected chi connectivity index (χ0v) is 11.3. The van der Waals surface area contributed by atoms with Crippen LogP contribution in [0.5, 0.6) is 0 Å². The van der Waals surface area contributed by atoms with Gasteiger partial charge in [0, 0.05) is 12.2 Å². The van der Waals surface area contributed by atoms with Crippen molar-refractivity contribution in [3.63, 3.8) is 0 Å². The summed E-state index contributed by atoms with van der Waals surface area (Å²) in [5.41, 5.74) is 2.57. The lowest BCUT2D eigenvalue weighted by Gasteiger charge is -2.27. The van der Waals surface area contributed by atoms with E-state index in [1.807, 2.05) is 6.07 Å². The Morgan fingerprint density at radius 3 is 2.79 bits per heavy atom. The van der Waals surface area contributed by atoms with Gasteiger partial charge in [-0.3, -0.25) is 0 Å². The average molecular weight is 263 g/mol. The smallest absolute Gasteiger partial charge is 0.125 e. The Bertz CT molecular complexity index is 435. The summed E-state index contributed by atoms with van der Waals surface area (Å²) in [5, 5.41) is 3.33. The highest BCUT2D eigenvalue weighted by atomic mass is 19.1. The number of halogens is 1. The molecule has 0 heterocycles. The average Bonchev–Trinajstić information content (AvgIpc) is 2.48. The van der Waals surface area contributed by atoms with E-state index < -0.39 is 0 Å². The van der Waals surface area contributed by atoms with Gasteiger partial charge >= 0.3 is 0 Å². The topological polar surface area (TPSA) is 12.0 Å². The van der Waals surface area contributed by atoms with E-state index in [1.54, 1.807) is 12.1 Å². The normalized spacial score (nSPS) is 17.9. The lowest BCUT2D eigenvalue weighted by atomic mass is 9.81. The first-order valence-electron chi connectivity index (χ1n) is 6.77. The maximum absolute atomic E-state index is 13.1. The highest BCUT2D eigenvalue weighted by molar-refractivity contribution is 5.44. The third-order valence-electron chi connectivity index (χ3n) is 3.82. The molecule has 0 atom stereocenters. The molecule has 1 N–H and O–H groups in total. The SMILES string of the molecule is C.CC1(C)CCCCC=C1CNc1cccc(F)c1. The number of hydrogen-bond acceptors (Lipinski definition) is 1. The highest BCUT2D eigenvalue weighted by Crippen LogP contribution is 2.35. The van der Waals surface area contributed by atoms with Gasteiger partial charge in [0.2, 0.25) is 0 Å². The van der Waals surface area contributed by atoms with Gasteiger partial charge < -0.3 is 5.32 Å². The number of rotatable bonds is 3. The summed E-state index contributed by atoms with van der Waals surface area (Å²) in [5.74, 6) is -0.186. The monoisotopic (exact) mass is 263 g/mol. The molecule has 2 rings (SSSR count). The molecular weight excluding hydrogens is 237 g/mol. The van der Waals surface area contributed by atoms with Crippen molar-refractivity contribution in [2.24, 2.45) is 5.41 Å². The minimum absolute atomic E-state index is 0. The molecule has 1 aromatic rings. The summed E-state index contributed by atoms with van der Waals surface area (Å²) < 4.78 is 13.1. The number of benzene rings is 1. The maximum atomic E-state index is 13.1. The number of hydrogen-bond donors (Lipinski definition) is 1. The Morgan fingerprint density at radius 2 is 2.05 bits per heavy atom. The van der Waals surface area contributed by atoms with E-state index in [-0.39, 0.29) is 18.7 Å². The molecule has 0 aromatic heterocycles. The first-order chi connectivity index (χ1) is 8.58. The fourth-order valence-corrected chi connectivity index (χ4v) is 2.53. The van der Waals surface area contributed by atoms with Gasteiger partial charge in [-0.2, -0.15) is 0 Å². The molecule has 0 aliphatic heterocycles. The van der Waals surface area contributed by atoms with Gasteiger partial charge in [-0.1, -0.05) is 39.8 Å². The van der Waals surface area contributed by atoms with E-state index in [4.69, 9.17) is 0 Å². The molecule has 1 aliphatic carbocycles. The summed E-state index contributed by atoms with van der Waals surface area (Å²) in [6.07, 6.45) is 7.35. The third-order valence-corrected chi connectivity index (χ3v) is 3.82. The maximum Gasteiger partial charge on any atom is 0.125 e. The fourth-order valence-electron chi connectivity index (χ4n) is 2.53. The molecule has 0 unspecified atom stereocenters. The lowest BCUT2D eigenvalue weighted by Crippen LogP contribution is -2.20. The second-order valence-electron chi connectivity index (χ2n) is 5.72. The minimum atomic E-state index is -0.186. The van der Waals surface area contributed by atoms with Gasteiger partial charge in [0.05, 0.1) is 0 Å². The van der Waals surface area contributed by atoms with Crippen molar-refractivity contribution in [3.05, 3.63) is 41.7 Å². The van der Waals surface area contributed by atoms with Crippen LogP contribution in [0.3, 0.4) is 0 Å². The molecule has 19 heavy (non-hydrogen) atoms. The van der Waals surface area contributed by atoms with Gasteiger partial charge in [-0.25, -0.2) is 4.39 Å². The Kier molecular flexibility index (Phi) is 5.59. The van der Waals surface area contributed by atoms with Crippen LogP contribution in [0.25, 0.3) is 0 Å². The highest BCUT2D eigenvalue weighted by Gasteiger charge is 2.24. The molecule has 106 valence electrons. The first kappa shape index (κ1) is 15.7. The second-order valence-corrected chi connectivity index (χ2v) is 5.72. The van der Waals surface area contributed by atoms with Gasteiger partial charge in [0.1, 0.15) is 5.82 Å². The Labute approximate surface area is 116 Å². The predicted molar refractivity (Wildman–Crippen MR) is 82.0 cm³/mol. The first-order valence-corrected chi connectivity index (χ1v) is 6.77. The summed E-state index contributed by atoms with van der Waals surface area (Å²) >= 11 is 0. The number of nitrogens with one attached hydrogen (secondary N) is 1. The second kappa shape index (κ2) is 6.74. The van der Waals surface area contributed by atoms with Crippen LogP contribution in [-0.4, -0.2) is 6.54 Å². The summed E-state index contributed by atoms with van der Waals surface area (Å²) in [4.78, 5) is 0. The largest absolute Gasteiger partial charge is 0.381 e. The molecule has 1 nitrogen and oxygen atoms in total. The molecule has 2 heteroatoms. The van der Waals surface area contributed by atoms with Gasteiger partial charge in [0.25, 0.3) is 0 Å². The van der Waals surface area contributed by atoms with Crippen LogP contribution < -0.4 is 5.32 Å². The van der Waals surface area contributed by atoms with E-state index >= 15 is 0 Å². The van der Waals surface area contributed by atoms with Crippen LogP contribution in [0.4, 0.5) is 10.1 Å². The van der Waals surface area contributed by atoms with E-state index in [9.17, 15) is 4.39 Å². The van der Waals surface area contributed by atoms with Crippen LogP contribution in [0.2, 0.25) is 0 Å². The van der Waals surface area contributed by atoms with Crippen molar-refractivity contribution in [1.82, 2.24) is 0 Å². The van der Waals surface area contributed by atoms with Crippen molar-refractivity contribution in [1.29, 1.82) is 0 Å². The van der Waals surface area contributed by atoms with Gasteiger partial charge in [-0.15, -0.1) is 0 Å². The molecule has 0 fully saturated rings. The molecule has 0 amide bonds. The van der Waals surface area contributed by atoms with Crippen LogP contribution in [0.1, 0.15) is 47.0 Å². The molecule has 0 radical (unpaired) electrons. The fraction of sp³-hybridized carbons (Fsp3) is 0.529. The van der Waals surface area contributed by atoms with Crippen LogP contribution in [0, 0.1) is 11.2 Å². The van der Waals surface area contributed by atoms with Crippen LogP contribution >= 0.6 is 0 Å². The van der Waals surface area contributed by atoms with Crippen LogP contribution in [0.15, 0.2) is 35.9 Å². The molecular formula is C17H26FN. The summed E-state index contributed by atoms with van der Waals surface area (Å²) in [7, 11) is 0. The molecule has 1 aromatic carbocycles. The van der Waals surface area contributed by atoms with Crippen molar-refractivity contribution in [2.45, 2.75) is 47.0 Å². The van der Waals surface area contributed by atoms with Gasteiger partial charge in [0.15, 0.2) is 0 Å². The van der Waals surface area contributed by atoms with E-state index in [0.717, 1.165) is 12.2 Å². The minimum Gasteiger partial charge on any atom is -0.381 e. The van der Waals surface area contributed by atoms with Crippen molar-refractivity contribution >= 4 is 5.69 Å².